The number of halogens is 1. The minimum atomic E-state index is -0.384. The lowest BCUT2D eigenvalue weighted by molar-refractivity contribution is 0.249. The van der Waals surface area contributed by atoms with Gasteiger partial charge in [0, 0.05) is 42.8 Å². The van der Waals surface area contributed by atoms with Crippen molar-refractivity contribution >= 4 is 28.2 Å². The van der Waals surface area contributed by atoms with Gasteiger partial charge in [0.25, 0.3) is 0 Å². The Labute approximate surface area is 181 Å². The molecular weight excluding hydrogens is 403 g/mol. The van der Waals surface area contributed by atoms with Crippen molar-refractivity contribution in [1.82, 2.24) is 20.4 Å². The maximum absolute atomic E-state index is 14.0. The third-order valence-electron chi connectivity index (χ3n) is 5.25. The second kappa shape index (κ2) is 9.26. The molecule has 30 heavy (non-hydrogen) atoms. The van der Waals surface area contributed by atoms with Crippen molar-refractivity contribution in [2.75, 3.05) is 42.9 Å². The van der Waals surface area contributed by atoms with Gasteiger partial charge >= 0.3 is 6.03 Å². The van der Waals surface area contributed by atoms with Crippen molar-refractivity contribution in [1.29, 1.82) is 0 Å². The van der Waals surface area contributed by atoms with Crippen LogP contribution in [-0.2, 0) is 5.41 Å². The summed E-state index contributed by atoms with van der Waals surface area (Å²) < 4.78 is 14.0. The zero-order valence-corrected chi connectivity index (χ0v) is 19.1. The number of piperazine rings is 1. The van der Waals surface area contributed by atoms with Gasteiger partial charge in [-0.3, -0.25) is 5.32 Å². The average molecular weight is 435 g/mol. The van der Waals surface area contributed by atoms with Gasteiger partial charge in [-0.05, 0) is 31.7 Å². The molecule has 1 atom stereocenters. The normalized spacial score (nSPS) is 16.4. The summed E-state index contributed by atoms with van der Waals surface area (Å²) in [5.74, 6) is -0.311. The number of hydrogen-bond acceptors (Lipinski definition) is 6. The maximum Gasteiger partial charge on any atom is 0.321 e. The molecule has 3 rings (SSSR count). The molecule has 1 saturated heterocycles. The Morgan fingerprint density at radius 1 is 1.23 bits per heavy atom. The predicted molar refractivity (Wildman–Crippen MR) is 120 cm³/mol. The first-order valence-corrected chi connectivity index (χ1v) is 11.2. The van der Waals surface area contributed by atoms with Crippen molar-refractivity contribution in [2.24, 2.45) is 0 Å². The van der Waals surface area contributed by atoms with Crippen LogP contribution in [-0.4, -0.2) is 53.9 Å². The third kappa shape index (κ3) is 5.46. The zero-order valence-electron chi connectivity index (χ0n) is 18.3. The van der Waals surface area contributed by atoms with E-state index < -0.39 is 0 Å². The van der Waals surface area contributed by atoms with Gasteiger partial charge in [0.1, 0.15) is 10.8 Å². The van der Waals surface area contributed by atoms with E-state index >= 15 is 0 Å². The smallest absolute Gasteiger partial charge is 0.321 e. The quantitative estimate of drug-likeness (QED) is 0.744. The lowest BCUT2D eigenvalue weighted by Gasteiger charge is -2.37. The van der Waals surface area contributed by atoms with Gasteiger partial charge in [-0.1, -0.05) is 39.0 Å². The van der Waals surface area contributed by atoms with Crippen LogP contribution in [0.5, 0.6) is 0 Å². The molecule has 0 saturated carbocycles. The summed E-state index contributed by atoms with van der Waals surface area (Å²) in [6.45, 7) is 14.9. The van der Waals surface area contributed by atoms with E-state index in [-0.39, 0.29) is 23.3 Å². The summed E-state index contributed by atoms with van der Waals surface area (Å²) in [4.78, 5) is 17.2. The fourth-order valence-corrected chi connectivity index (χ4v) is 4.25. The Bertz CT molecular complexity index is 873. The largest absolute Gasteiger partial charge is 0.369 e. The minimum absolute atomic E-state index is 0.125. The number of hydrogen-bond donors (Lipinski definition) is 2. The van der Waals surface area contributed by atoms with Gasteiger partial charge in [-0.15, -0.1) is 10.2 Å². The lowest BCUT2D eigenvalue weighted by Crippen LogP contribution is -2.46. The number of benzene rings is 1. The lowest BCUT2D eigenvalue weighted by atomic mass is 9.98. The average Bonchev–Trinajstić information content (AvgIpc) is 3.17. The summed E-state index contributed by atoms with van der Waals surface area (Å²) in [7, 11) is 0. The highest BCUT2D eigenvalue weighted by atomic mass is 32.1. The summed E-state index contributed by atoms with van der Waals surface area (Å²) in [6, 6.07) is 4.05. The van der Waals surface area contributed by atoms with Crippen LogP contribution in [0, 0.1) is 5.82 Å². The Balaban J connectivity index is 1.68. The van der Waals surface area contributed by atoms with Gasteiger partial charge in [-0.2, -0.15) is 0 Å². The van der Waals surface area contributed by atoms with Gasteiger partial charge in [0.2, 0.25) is 5.13 Å². The molecule has 0 radical (unpaired) electrons. The molecule has 164 valence electrons. The summed E-state index contributed by atoms with van der Waals surface area (Å²) in [5.41, 5.74) is 1.60. The van der Waals surface area contributed by atoms with Crippen LogP contribution in [0.2, 0.25) is 0 Å². The number of urea groups is 1. The predicted octanol–water partition coefficient (Wildman–Crippen LogP) is 4.00. The van der Waals surface area contributed by atoms with Crippen LogP contribution in [0.4, 0.5) is 20.0 Å². The van der Waals surface area contributed by atoms with E-state index in [0.29, 0.717) is 5.13 Å². The van der Waals surface area contributed by atoms with Crippen LogP contribution in [0.3, 0.4) is 0 Å². The van der Waals surface area contributed by atoms with Crippen LogP contribution < -0.4 is 15.5 Å². The molecule has 1 unspecified atom stereocenters. The number of rotatable bonds is 5. The molecule has 2 N–H and O–H groups in total. The van der Waals surface area contributed by atoms with Crippen molar-refractivity contribution in [2.45, 2.75) is 46.1 Å². The van der Waals surface area contributed by atoms with Crippen molar-refractivity contribution in [3.63, 3.8) is 0 Å². The summed E-state index contributed by atoms with van der Waals surface area (Å²) in [6.07, 6.45) is 0. The number of nitrogens with zero attached hydrogens (tertiary/aromatic N) is 4. The van der Waals surface area contributed by atoms with Gasteiger partial charge < -0.3 is 15.1 Å². The molecule has 1 fully saturated rings. The first kappa shape index (κ1) is 22.4. The van der Waals surface area contributed by atoms with Crippen LogP contribution >= 0.6 is 11.3 Å². The number of carbonyl (C=O) groups excluding carboxylic acids is 1. The van der Waals surface area contributed by atoms with E-state index in [1.807, 2.05) is 33.8 Å². The van der Waals surface area contributed by atoms with Crippen molar-refractivity contribution in [3.8, 4) is 0 Å². The number of amides is 2. The SMILES string of the molecule is CCN1CCN(c2ccc(F)cc2C(C)NC(=O)Nc2nnc(C(C)(C)C)s2)CC1. The van der Waals surface area contributed by atoms with E-state index in [4.69, 9.17) is 0 Å². The third-order valence-corrected chi connectivity index (χ3v) is 6.52. The van der Waals surface area contributed by atoms with Gasteiger partial charge in [0.05, 0.1) is 6.04 Å². The molecule has 0 bridgehead atoms. The van der Waals surface area contributed by atoms with E-state index in [1.165, 1.54) is 23.5 Å². The molecule has 9 heteroatoms. The van der Waals surface area contributed by atoms with Gasteiger partial charge in [-0.25, -0.2) is 9.18 Å². The fraction of sp³-hybridized carbons (Fsp3) is 0.571. The Morgan fingerprint density at radius 3 is 2.53 bits per heavy atom. The molecule has 2 heterocycles. The van der Waals surface area contributed by atoms with Gasteiger partial charge in [0.15, 0.2) is 0 Å². The molecule has 2 amide bonds. The van der Waals surface area contributed by atoms with E-state index in [0.717, 1.165) is 49.0 Å². The highest BCUT2D eigenvalue weighted by Crippen LogP contribution is 2.30. The number of carbonyl (C=O) groups is 1. The molecule has 1 aliphatic heterocycles. The Hall–Kier alpha value is -2.26. The molecule has 1 aromatic heterocycles. The van der Waals surface area contributed by atoms with E-state index in [1.54, 1.807) is 0 Å². The first-order valence-electron chi connectivity index (χ1n) is 10.4. The van der Waals surface area contributed by atoms with E-state index in [9.17, 15) is 9.18 Å². The topological polar surface area (TPSA) is 73.4 Å². The standard InChI is InChI=1S/C21H31FN6OS/c1-6-27-9-11-28(12-10-27)17-8-7-15(22)13-16(17)14(2)23-19(29)24-20-26-25-18(30-20)21(3,4)5/h7-8,13-14H,6,9-12H2,1-5H3,(H2,23,24,26,29). The molecule has 7 nitrogen and oxygen atoms in total. The second-order valence-electron chi connectivity index (χ2n) is 8.61. The Kier molecular flexibility index (Phi) is 6.92. The number of anilines is 2. The molecule has 0 aliphatic carbocycles. The summed E-state index contributed by atoms with van der Waals surface area (Å²) in [5, 5.41) is 15.1. The molecular formula is C21H31FN6OS. The number of likely N-dealkylation sites (N-methyl/N-ethyl adjacent to an activating group) is 1. The first-order chi connectivity index (χ1) is 14.2. The second-order valence-corrected chi connectivity index (χ2v) is 9.58. The highest BCUT2D eigenvalue weighted by Gasteiger charge is 2.23. The molecule has 2 aromatic rings. The Morgan fingerprint density at radius 2 is 1.93 bits per heavy atom. The van der Waals surface area contributed by atoms with Crippen molar-refractivity contribution in [3.05, 3.63) is 34.6 Å². The minimum Gasteiger partial charge on any atom is -0.369 e. The number of aromatic nitrogens is 2. The van der Waals surface area contributed by atoms with Crippen LogP contribution in [0.15, 0.2) is 18.2 Å². The molecule has 1 aliphatic rings. The van der Waals surface area contributed by atoms with E-state index in [2.05, 4.69) is 37.6 Å². The zero-order chi connectivity index (χ0) is 21.9. The monoisotopic (exact) mass is 434 g/mol. The molecule has 0 spiro atoms. The fourth-order valence-electron chi connectivity index (χ4n) is 3.45. The number of nitrogens with one attached hydrogen (secondary N) is 2. The summed E-state index contributed by atoms with van der Waals surface area (Å²) >= 11 is 1.35. The van der Waals surface area contributed by atoms with Crippen LogP contribution in [0.25, 0.3) is 0 Å². The molecule has 1 aromatic carbocycles. The maximum atomic E-state index is 14.0. The van der Waals surface area contributed by atoms with Crippen LogP contribution in [0.1, 0.15) is 51.2 Å². The highest BCUT2D eigenvalue weighted by molar-refractivity contribution is 7.15. The van der Waals surface area contributed by atoms with Crippen molar-refractivity contribution < 1.29 is 9.18 Å².